The number of amides is 1. The minimum Gasteiger partial charge on any atom is -0.356 e. The first kappa shape index (κ1) is 23.2. The molecule has 1 aromatic rings. The fourth-order valence-corrected chi connectivity index (χ4v) is 5.51. The average Bonchev–Trinajstić information content (AvgIpc) is 2.69. The number of unbranched alkanes of at least 4 members (excludes halogenated alkanes) is 1. The molecular weight excluding hydrogens is 396 g/mol. The van der Waals surface area contributed by atoms with Gasteiger partial charge in [-0.2, -0.15) is 0 Å². The number of halogens is 1. The van der Waals surface area contributed by atoms with Crippen LogP contribution in [-0.2, 0) is 20.6 Å². The minimum atomic E-state index is -3.43. The van der Waals surface area contributed by atoms with Crippen LogP contribution in [0.5, 0.6) is 0 Å². The van der Waals surface area contributed by atoms with Crippen LogP contribution < -0.4 is 5.32 Å². The number of sulfonamides is 1. The van der Waals surface area contributed by atoms with Crippen molar-refractivity contribution in [3.63, 3.8) is 0 Å². The second kappa shape index (κ2) is 11.2. The molecule has 28 heavy (non-hydrogen) atoms. The van der Waals surface area contributed by atoms with Crippen molar-refractivity contribution in [2.45, 2.75) is 58.1 Å². The Labute approximate surface area is 174 Å². The third-order valence-corrected chi connectivity index (χ3v) is 7.82. The largest absolute Gasteiger partial charge is 0.356 e. The molecule has 0 aromatic heterocycles. The van der Waals surface area contributed by atoms with Gasteiger partial charge in [-0.3, -0.25) is 4.79 Å². The van der Waals surface area contributed by atoms with E-state index >= 15 is 0 Å². The Morgan fingerprint density at radius 3 is 2.54 bits per heavy atom. The van der Waals surface area contributed by atoms with Crippen molar-refractivity contribution in [1.82, 2.24) is 9.62 Å². The van der Waals surface area contributed by atoms with Crippen LogP contribution in [0, 0.1) is 11.8 Å². The van der Waals surface area contributed by atoms with Gasteiger partial charge in [-0.15, -0.1) is 0 Å². The normalized spacial score (nSPS) is 17.4. The summed E-state index contributed by atoms with van der Waals surface area (Å²) in [5.74, 6) is 0.396. The first-order valence-electron chi connectivity index (χ1n) is 10.4. The lowest BCUT2D eigenvalue weighted by molar-refractivity contribution is -0.126. The van der Waals surface area contributed by atoms with Crippen LogP contribution in [0.3, 0.4) is 0 Å². The molecular formula is C21H33ClN2O3S. The molecule has 0 saturated carbocycles. The molecule has 1 fully saturated rings. The summed E-state index contributed by atoms with van der Waals surface area (Å²) in [6, 6.07) is 7.01. The predicted molar refractivity (Wildman–Crippen MR) is 115 cm³/mol. The third kappa shape index (κ3) is 6.75. The molecule has 0 unspecified atom stereocenters. The molecule has 158 valence electrons. The second-order valence-electron chi connectivity index (χ2n) is 7.68. The summed E-state index contributed by atoms with van der Waals surface area (Å²) < 4.78 is 26.9. The number of hydrogen-bond donors (Lipinski definition) is 1. The van der Waals surface area contributed by atoms with E-state index in [1.807, 2.05) is 0 Å². The van der Waals surface area contributed by atoms with E-state index in [9.17, 15) is 13.2 Å². The Bertz CT molecular complexity index is 731. The lowest BCUT2D eigenvalue weighted by atomic mass is 9.95. The van der Waals surface area contributed by atoms with Crippen molar-refractivity contribution in [3.05, 3.63) is 34.9 Å². The number of carbonyl (C=O) groups excluding carboxylic acids is 1. The SMILES string of the molecule is CCCC[C@H](CC)CNC(=O)C1CCN(S(=O)(=O)Cc2ccccc2Cl)CC1. The summed E-state index contributed by atoms with van der Waals surface area (Å²) in [6.45, 7) is 5.84. The molecule has 7 heteroatoms. The highest BCUT2D eigenvalue weighted by Gasteiger charge is 2.31. The minimum absolute atomic E-state index is 0.0677. The summed E-state index contributed by atoms with van der Waals surface area (Å²) in [5.41, 5.74) is 0.613. The van der Waals surface area contributed by atoms with E-state index in [1.165, 1.54) is 17.1 Å². The van der Waals surface area contributed by atoms with Crippen LogP contribution in [0.2, 0.25) is 5.02 Å². The highest BCUT2D eigenvalue weighted by atomic mass is 35.5. The molecule has 0 aliphatic carbocycles. The number of piperidine rings is 1. The van der Waals surface area contributed by atoms with Crippen LogP contribution in [0.4, 0.5) is 0 Å². The second-order valence-corrected chi connectivity index (χ2v) is 10.1. The Morgan fingerprint density at radius 2 is 1.93 bits per heavy atom. The molecule has 1 amide bonds. The zero-order chi connectivity index (χ0) is 20.6. The molecule has 1 saturated heterocycles. The van der Waals surface area contributed by atoms with Crippen molar-refractivity contribution < 1.29 is 13.2 Å². The van der Waals surface area contributed by atoms with E-state index in [4.69, 9.17) is 11.6 Å². The molecule has 1 atom stereocenters. The van der Waals surface area contributed by atoms with Crippen molar-refractivity contribution >= 4 is 27.5 Å². The Morgan fingerprint density at radius 1 is 1.25 bits per heavy atom. The van der Waals surface area contributed by atoms with Gasteiger partial charge in [0.05, 0.1) is 5.75 Å². The first-order chi connectivity index (χ1) is 13.4. The summed E-state index contributed by atoms with van der Waals surface area (Å²) >= 11 is 6.10. The molecule has 1 aliphatic heterocycles. The van der Waals surface area contributed by atoms with E-state index < -0.39 is 10.0 Å². The zero-order valence-electron chi connectivity index (χ0n) is 17.0. The number of hydrogen-bond acceptors (Lipinski definition) is 3. The maximum atomic E-state index is 12.7. The number of carbonyl (C=O) groups is 1. The summed E-state index contributed by atoms with van der Waals surface area (Å²) in [4.78, 5) is 12.5. The van der Waals surface area contributed by atoms with Gasteiger partial charge in [0.15, 0.2) is 0 Å². The summed E-state index contributed by atoms with van der Waals surface area (Å²) in [6.07, 6.45) is 5.71. The molecule has 0 radical (unpaired) electrons. The van der Waals surface area contributed by atoms with Crippen LogP contribution in [0.15, 0.2) is 24.3 Å². The smallest absolute Gasteiger partial charge is 0.223 e. The molecule has 1 heterocycles. The molecule has 1 aliphatic rings. The van der Waals surface area contributed by atoms with Gasteiger partial charge in [-0.05, 0) is 36.8 Å². The van der Waals surface area contributed by atoms with Gasteiger partial charge in [-0.1, -0.05) is 62.9 Å². The monoisotopic (exact) mass is 428 g/mol. The first-order valence-corrected chi connectivity index (χ1v) is 12.3. The van der Waals surface area contributed by atoms with Gasteiger partial charge < -0.3 is 5.32 Å². The van der Waals surface area contributed by atoms with Gasteiger partial charge >= 0.3 is 0 Å². The van der Waals surface area contributed by atoms with E-state index in [0.29, 0.717) is 42.4 Å². The van der Waals surface area contributed by atoms with Gasteiger partial charge in [0.2, 0.25) is 15.9 Å². The molecule has 1 N–H and O–H groups in total. The van der Waals surface area contributed by atoms with E-state index in [0.717, 1.165) is 19.4 Å². The van der Waals surface area contributed by atoms with E-state index in [-0.39, 0.29) is 17.6 Å². The number of benzene rings is 1. The average molecular weight is 429 g/mol. The van der Waals surface area contributed by atoms with Gasteiger partial charge in [0, 0.05) is 30.6 Å². The molecule has 0 bridgehead atoms. The van der Waals surface area contributed by atoms with Crippen molar-refractivity contribution in [1.29, 1.82) is 0 Å². The van der Waals surface area contributed by atoms with Crippen molar-refractivity contribution in [3.8, 4) is 0 Å². The van der Waals surface area contributed by atoms with Crippen LogP contribution in [0.25, 0.3) is 0 Å². The standard InChI is InChI=1S/C21H33ClN2O3S/c1-3-5-8-17(4-2)15-23-21(25)18-11-13-24(14-12-18)28(26,27)16-19-9-6-7-10-20(19)22/h6-7,9-10,17-18H,3-5,8,11-16H2,1-2H3,(H,23,25)/t17-/m0/s1. The van der Waals surface area contributed by atoms with E-state index in [2.05, 4.69) is 19.2 Å². The van der Waals surface area contributed by atoms with Gasteiger partial charge in [0.25, 0.3) is 0 Å². The van der Waals surface area contributed by atoms with Crippen molar-refractivity contribution in [2.24, 2.45) is 11.8 Å². The molecule has 0 spiro atoms. The highest BCUT2D eigenvalue weighted by molar-refractivity contribution is 7.88. The summed E-state index contributed by atoms with van der Waals surface area (Å²) in [7, 11) is -3.43. The third-order valence-electron chi connectivity index (χ3n) is 5.62. The Kier molecular flexibility index (Phi) is 9.25. The molecule has 2 rings (SSSR count). The topological polar surface area (TPSA) is 66.5 Å². The van der Waals surface area contributed by atoms with E-state index in [1.54, 1.807) is 24.3 Å². The maximum Gasteiger partial charge on any atom is 0.223 e. The zero-order valence-corrected chi connectivity index (χ0v) is 18.6. The van der Waals surface area contributed by atoms with Crippen LogP contribution in [-0.4, -0.2) is 38.3 Å². The molecule has 1 aromatic carbocycles. The fraction of sp³-hybridized carbons (Fsp3) is 0.667. The summed E-state index contributed by atoms with van der Waals surface area (Å²) in [5, 5.41) is 3.56. The Hall–Kier alpha value is -1.11. The van der Waals surface area contributed by atoms with Gasteiger partial charge in [-0.25, -0.2) is 12.7 Å². The molecule has 5 nitrogen and oxygen atoms in total. The van der Waals surface area contributed by atoms with Crippen LogP contribution >= 0.6 is 11.6 Å². The number of rotatable bonds is 10. The lowest BCUT2D eigenvalue weighted by Gasteiger charge is -2.31. The number of nitrogens with one attached hydrogen (secondary N) is 1. The predicted octanol–water partition coefficient (Wildman–Crippen LogP) is 4.21. The fourth-order valence-electron chi connectivity index (χ4n) is 3.63. The van der Waals surface area contributed by atoms with Crippen molar-refractivity contribution in [2.75, 3.05) is 19.6 Å². The lowest BCUT2D eigenvalue weighted by Crippen LogP contribution is -2.44. The quantitative estimate of drug-likeness (QED) is 0.606. The maximum absolute atomic E-state index is 12.7. The van der Waals surface area contributed by atoms with Gasteiger partial charge in [0.1, 0.15) is 0 Å². The Balaban J connectivity index is 1.82. The highest BCUT2D eigenvalue weighted by Crippen LogP contribution is 2.24. The number of nitrogens with zero attached hydrogens (tertiary/aromatic N) is 1. The van der Waals surface area contributed by atoms with Crippen LogP contribution in [0.1, 0.15) is 57.9 Å².